The van der Waals surface area contributed by atoms with Crippen LogP contribution in [0.3, 0.4) is 0 Å². The summed E-state index contributed by atoms with van der Waals surface area (Å²) in [5.74, 6) is -1.22. The summed E-state index contributed by atoms with van der Waals surface area (Å²) in [7, 11) is -7.36. The smallest absolute Gasteiger partial charge is 0.243 e. The van der Waals surface area contributed by atoms with Crippen molar-refractivity contribution < 1.29 is 21.2 Å². The van der Waals surface area contributed by atoms with Gasteiger partial charge in [0.15, 0.2) is 9.84 Å². The Balaban J connectivity index is 2.32. The molecule has 3 N–H and O–H groups in total. The first kappa shape index (κ1) is 15.2. The van der Waals surface area contributed by atoms with Crippen LogP contribution in [0.4, 0.5) is 10.1 Å². The van der Waals surface area contributed by atoms with Gasteiger partial charge in [-0.2, -0.15) is 0 Å². The highest BCUT2D eigenvalue weighted by Gasteiger charge is 2.32. The maximum Gasteiger partial charge on any atom is 0.243 e. The molecule has 0 spiro atoms. The van der Waals surface area contributed by atoms with E-state index < -0.39 is 36.6 Å². The average Bonchev–Trinajstić information content (AvgIpc) is 2.62. The van der Waals surface area contributed by atoms with Crippen LogP contribution < -0.4 is 10.5 Å². The number of sulfonamides is 1. The first-order valence-electron chi connectivity index (χ1n) is 5.89. The number of hydrogen-bond acceptors (Lipinski definition) is 5. The quantitative estimate of drug-likeness (QED) is 0.772. The van der Waals surface area contributed by atoms with Crippen molar-refractivity contribution >= 4 is 25.5 Å². The second-order valence-corrected chi connectivity index (χ2v) is 8.78. The minimum absolute atomic E-state index is 0.0708. The van der Waals surface area contributed by atoms with Crippen LogP contribution in [0, 0.1) is 12.7 Å². The zero-order valence-electron chi connectivity index (χ0n) is 10.8. The van der Waals surface area contributed by atoms with E-state index in [0.717, 1.165) is 6.07 Å². The summed E-state index contributed by atoms with van der Waals surface area (Å²) in [6.45, 7) is 1.41. The van der Waals surface area contributed by atoms with Gasteiger partial charge >= 0.3 is 0 Å². The Bertz CT molecular complexity index is 744. The highest BCUT2D eigenvalue weighted by atomic mass is 32.2. The van der Waals surface area contributed by atoms with E-state index in [9.17, 15) is 21.2 Å². The van der Waals surface area contributed by atoms with Crippen molar-refractivity contribution in [3.63, 3.8) is 0 Å². The zero-order chi connectivity index (χ0) is 15.1. The molecule has 0 radical (unpaired) electrons. The van der Waals surface area contributed by atoms with Gasteiger partial charge in [0.25, 0.3) is 0 Å². The van der Waals surface area contributed by atoms with Crippen LogP contribution in [0.25, 0.3) is 0 Å². The largest absolute Gasteiger partial charge is 0.399 e. The van der Waals surface area contributed by atoms with Crippen LogP contribution >= 0.6 is 0 Å². The predicted molar refractivity (Wildman–Crippen MR) is 72.9 cm³/mol. The zero-order valence-corrected chi connectivity index (χ0v) is 12.4. The number of rotatable bonds is 3. The van der Waals surface area contributed by atoms with Crippen molar-refractivity contribution in [2.45, 2.75) is 24.3 Å². The molecule has 1 aromatic carbocycles. The number of nitrogens with one attached hydrogen (secondary N) is 1. The molecule has 0 amide bonds. The summed E-state index contributed by atoms with van der Waals surface area (Å²) >= 11 is 0. The van der Waals surface area contributed by atoms with Gasteiger partial charge in [-0.15, -0.1) is 0 Å². The van der Waals surface area contributed by atoms with Crippen LogP contribution in [0.15, 0.2) is 17.0 Å². The Morgan fingerprint density at radius 2 is 2.05 bits per heavy atom. The van der Waals surface area contributed by atoms with E-state index in [1.165, 1.54) is 13.0 Å². The number of halogens is 1. The van der Waals surface area contributed by atoms with E-state index in [2.05, 4.69) is 4.72 Å². The topological polar surface area (TPSA) is 106 Å². The maximum atomic E-state index is 13.9. The standard InChI is InChI=1S/C11H15FN2O4S2/c1-7-4-8(13)5-10(11(7)12)20(17,18)14-9-2-3-19(15,16)6-9/h4-5,9,14H,2-3,6,13H2,1H3. The summed E-state index contributed by atoms with van der Waals surface area (Å²) in [6.07, 6.45) is 0.185. The molecule has 1 atom stereocenters. The van der Waals surface area contributed by atoms with Gasteiger partial charge in [0, 0.05) is 11.7 Å². The third-order valence-electron chi connectivity index (χ3n) is 3.09. The van der Waals surface area contributed by atoms with E-state index in [-0.39, 0.29) is 29.2 Å². The fourth-order valence-corrected chi connectivity index (χ4v) is 5.36. The second-order valence-electron chi connectivity index (χ2n) is 4.87. The Kier molecular flexibility index (Phi) is 3.78. The third-order valence-corrected chi connectivity index (χ3v) is 6.37. The number of nitrogen functional groups attached to an aromatic ring is 1. The normalized spacial score (nSPS) is 22.0. The van der Waals surface area contributed by atoms with Gasteiger partial charge in [0.2, 0.25) is 10.0 Å². The molecule has 0 aromatic heterocycles. The molecule has 1 unspecified atom stereocenters. The van der Waals surface area contributed by atoms with Gasteiger partial charge in [-0.1, -0.05) is 0 Å². The highest BCUT2D eigenvalue weighted by molar-refractivity contribution is 7.92. The fraction of sp³-hybridized carbons (Fsp3) is 0.455. The summed E-state index contributed by atoms with van der Waals surface area (Å²) in [5.41, 5.74) is 5.76. The summed E-state index contributed by atoms with van der Waals surface area (Å²) in [5, 5.41) is 0. The van der Waals surface area contributed by atoms with E-state index >= 15 is 0 Å². The molecular formula is C11H15FN2O4S2. The molecule has 1 fully saturated rings. The SMILES string of the molecule is Cc1cc(N)cc(S(=O)(=O)NC2CCS(=O)(=O)C2)c1F. The van der Waals surface area contributed by atoms with E-state index in [4.69, 9.17) is 5.73 Å². The molecule has 0 aliphatic carbocycles. The summed E-state index contributed by atoms with van der Waals surface area (Å²) in [6, 6.07) is 1.62. The van der Waals surface area contributed by atoms with E-state index in [1.54, 1.807) is 0 Å². The van der Waals surface area contributed by atoms with Crippen molar-refractivity contribution in [2.75, 3.05) is 17.2 Å². The first-order valence-corrected chi connectivity index (χ1v) is 9.19. The maximum absolute atomic E-state index is 13.9. The molecule has 0 saturated carbocycles. The Labute approximate surface area is 117 Å². The van der Waals surface area contributed by atoms with Crippen LogP contribution in [0.1, 0.15) is 12.0 Å². The Morgan fingerprint density at radius 1 is 1.40 bits per heavy atom. The van der Waals surface area contributed by atoms with Gasteiger partial charge < -0.3 is 5.73 Å². The first-order chi connectivity index (χ1) is 9.11. The summed E-state index contributed by atoms with van der Waals surface area (Å²) < 4.78 is 63.0. The molecule has 9 heteroatoms. The molecular weight excluding hydrogens is 307 g/mol. The van der Waals surface area contributed by atoms with Crippen molar-refractivity contribution in [3.8, 4) is 0 Å². The summed E-state index contributed by atoms with van der Waals surface area (Å²) in [4.78, 5) is -0.556. The predicted octanol–water partition coefficient (Wildman–Crippen LogP) is 0.182. The van der Waals surface area contributed by atoms with Crippen molar-refractivity contribution in [3.05, 3.63) is 23.5 Å². The van der Waals surface area contributed by atoms with Crippen LogP contribution in [0.2, 0.25) is 0 Å². The Morgan fingerprint density at radius 3 is 2.60 bits per heavy atom. The van der Waals surface area contributed by atoms with E-state index in [1.807, 2.05) is 0 Å². The van der Waals surface area contributed by atoms with Crippen molar-refractivity contribution in [1.82, 2.24) is 4.72 Å². The number of hydrogen-bond donors (Lipinski definition) is 2. The van der Waals surface area contributed by atoms with E-state index in [0.29, 0.717) is 0 Å². The number of benzene rings is 1. The molecule has 112 valence electrons. The molecule has 1 aliphatic heterocycles. The van der Waals surface area contributed by atoms with Crippen molar-refractivity contribution in [1.29, 1.82) is 0 Å². The fourth-order valence-electron chi connectivity index (χ4n) is 2.13. The Hall–Kier alpha value is -1.19. The minimum Gasteiger partial charge on any atom is -0.399 e. The molecule has 1 saturated heterocycles. The molecule has 1 aliphatic rings. The lowest BCUT2D eigenvalue weighted by atomic mass is 10.2. The monoisotopic (exact) mass is 322 g/mol. The molecule has 20 heavy (non-hydrogen) atoms. The third kappa shape index (κ3) is 3.10. The molecule has 2 rings (SSSR count). The minimum atomic E-state index is -4.14. The van der Waals surface area contributed by atoms with Gasteiger partial charge in [-0.3, -0.25) is 0 Å². The van der Waals surface area contributed by atoms with Gasteiger partial charge in [-0.25, -0.2) is 25.9 Å². The molecule has 6 nitrogen and oxygen atoms in total. The number of nitrogens with two attached hydrogens (primary N) is 1. The molecule has 0 bridgehead atoms. The van der Waals surface area contributed by atoms with Gasteiger partial charge in [0.05, 0.1) is 11.5 Å². The van der Waals surface area contributed by atoms with Crippen LogP contribution in [-0.4, -0.2) is 34.4 Å². The number of aryl methyl sites for hydroxylation is 1. The number of anilines is 1. The van der Waals surface area contributed by atoms with Crippen LogP contribution in [-0.2, 0) is 19.9 Å². The highest BCUT2D eigenvalue weighted by Crippen LogP contribution is 2.23. The van der Waals surface area contributed by atoms with Gasteiger partial charge in [0.1, 0.15) is 10.7 Å². The molecule has 1 heterocycles. The van der Waals surface area contributed by atoms with Gasteiger partial charge in [-0.05, 0) is 31.0 Å². The van der Waals surface area contributed by atoms with Crippen molar-refractivity contribution in [2.24, 2.45) is 0 Å². The number of sulfone groups is 1. The lowest BCUT2D eigenvalue weighted by molar-refractivity contribution is 0.541. The lowest BCUT2D eigenvalue weighted by Gasteiger charge is -2.13. The average molecular weight is 322 g/mol. The molecule has 1 aromatic rings. The lowest BCUT2D eigenvalue weighted by Crippen LogP contribution is -2.36. The second kappa shape index (κ2) is 4.97. The van der Waals surface area contributed by atoms with Crippen LogP contribution in [0.5, 0.6) is 0 Å².